The van der Waals surface area contributed by atoms with Gasteiger partial charge in [-0.15, -0.1) is 0 Å². The van der Waals surface area contributed by atoms with Gasteiger partial charge in [0.05, 0.1) is 12.2 Å². The molecule has 2 unspecified atom stereocenters. The van der Waals surface area contributed by atoms with Crippen LogP contribution in [-0.4, -0.2) is 56.3 Å². The molecule has 0 amide bonds. The molecule has 0 aliphatic rings. The summed E-state index contributed by atoms with van der Waals surface area (Å²) in [5.41, 5.74) is -13.3. The summed E-state index contributed by atoms with van der Waals surface area (Å²) < 4.78 is 154. The van der Waals surface area contributed by atoms with Crippen LogP contribution in [0.3, 0.4) is 0 Å². The Balaban J connectivity index is 3.41. The molecule has 1 rings (SSSR count). The molecule has 0 heterocycles. The Kier molecular flexibility index (Phi) is 7.53. The Bertz CT molecular complexity index is 688. The quantitative estimate of drug-likeness (QED) is 0.443. The van der Waals surface area contributed by atoms with Gasteiger partial charge in [0, 0.05) is 12.8 Å². The van der Waals surface area contributed by atoms with E-state index >= 15 is 0 Å². The second kappa shape index (κ2) is 8.53. The van der Waals surface area contributed by atoms with Crippen LogP contribution in [-0.2, 0) is 0 Å². The van der Waals surface area contributed by atoms with E-state index in [1.165, 1.54) is 0 Å². The predicted octanol–water partition coefficient (Wildman–Crippen LogP) is 4.25. The molecule has 0 aliphatic carbocycles. The van der Waals surface area contributed by atoms with Crippen LogP contribution in [0.15, 0.2) is 24.3 Å². The van der Waals surface area contributed by atoms with Gasteiger partial charge < -0.3 is 20.4 Å². The lowest BCUT2D eigenvalue weighted by Crippen LogP contribution is -2.57. The average Bonchev–Trinajstić information content (AvgIpc) is 2.57. The molecule has 186 valence electrons. The van der Waals surface area contributed by atoms with E-state index < -0.39 is 72.1 Å². The van der Waals surface area contributed by atoms with Gasteiger partial charge in [0.2, 0.25) is 0 Å². The van der Waals surface area contributed by atoms with Crippen molar-refractivity contribution in [3.05, 3.63) is 35.4 Å². The minimum Gasteiger partial charge on any atom is -0.388 e. The molecule has 4 nitrogen and oxygen atoms in total. The van der Waals surface area contributed by atoms with Crippen molar-refractivity contribution < 1.29 is 73.1 Å². The SMILES string of the molecule is OC(CC(O)(C(F)(F)F)C(F)(F)F)c1ccccc1C(O)CC(O)(C(F)(F)F)C(F)(F)F. The van der Waals surface area contributed by atoms with Crippen molar-refractivity contribution in [2.75, 3.05) is 0 Å². The van der Waals surface area contributed by atoms with E-state index in [0.717, 1.165) is 12.1 Å². The van der Waals surface area contributed by atoms with E-state index in [9.17, 15) is 62.9 Å². The molecule has 2 atom stereocenters. The number of halogens is 12. The number of hydrogen-bond donors (Lipinski definition) is 4. The molecule has 0 aliphatic heterocycles. The monoisotopic (exact) mass is 498 g/mol. The first-order valence-corrected chi connectivity index (χ1v) is 8.16. The summed E-state index contributed by atoms with van der Waals surface area (Å²) in [7, 11) is 0. The van der Waals surface area contributed by atoms with Crippen LogP contribution in [0.4, 0.5) is 52.7 Å². The van der Waals surface area contributed by atoms with Crippen molar-refractivity contribution in [3.8, 4) is 0 Å². The molecule has 0 bridgehead atoms. The van der Waals surface area contributed by atoms with Gasteiger partial charge in [-0.1, -0.05) is 24.3 Å². The van der Waals surface area contributed by atoms with Gasteiger partial charge in [-0.3, -0.25) is 0 Å². The highest BCUT2D eigenvalue weighted by atomic mass is 19.4. The molecular formula is C16H14F12O4. The molecule has 32 heavy (non-hydrogen) atoms. The van der Waals surface area contributed by atoms with Gasteiger partial charge in [-0.2, -0.15) is 52.7 Å². The van der Waals surface area contributed by atoms with Crippen molar-refractivity contribution in [3.63, 3.8) is 0 Å². The van der Waals surface area contributed by atoms with Crippen LogP contribution in [0.2, 0.25) is 0 Å². The van der Waals surface area contributed by atoms with Gasteiger partial charge in [-0.25, -0.2) is 0 Å². The molecule has 4 N–H and O–H groups in total. The predicted molar refractivity (Wildman–Crippen MR) is 79.7 cm³/mol. The van der Waals surface area contributed by atoms with Crippen molar-refractivity contribution in [1.29, 1.82) is 0 Å². The maximum absolute atomic E-state index is 12.8. The zero-order valence-electron chi connectivity index (χ0n) is 15.2. The fourth-order valence-corrected chi connectivity index (χ4v) is 2.68. The zero-order valence-corrected chi connectivity index (χ0v) is 15.2. The summed E-state index contributed by atoms with van der Waals surface area (Å²) in [4.78, 5) is 0. The van der Waals surface area contributed by atoms with Crippen LogP contribution in [0, 0.1) is 0 Å². The highest BCUT2D eigenvalue weighted by Gasteiger charge is 2.72. The van der Waals surface area contributed by atoms with Gasteiger partial charge in [-0.05, 0) is 11.1 Å². The third kappa shape index (κ3) is 5.23. The molecule has 0 radical (unpaired) electrons. The van der Waals surface area contributed by atoms with Crippen molar-refractivity contribution in [2.24, 2.45) is 0 Å². The van der Waals surface area contributed by atoms with Crippen LogP contribution >= 0.6 is 0 Å². The average molecular weight is 498 g/mol. The highest BCUT2D eigenvalue weighted by Crippen LogP contribution is 2.50. The van der Waals surface area contributed by atoms with Crippen molar-refractivity contribution in [1.82, 2.24) is 0 Å². The van der Waals surface area contributed by atoms with Crippen LogP contribution in [0.1, 0.15) is 36.2 Å². The zero-order chi connectivity index (χ0) is 25.6. The molecule has 16 heteroatoms. The van der Waals surface area contributed by atoms with E-state index in [1.807, 2.05) is 0 Å². The number of aliphatic hydroxyl groups excluding tert-OH is 2. The van der Waals surface area contributed by atoms with E-state index in [-0.39, 0.29) is 0 Å². The Morgan fingerprint density at radius 1 is 0.531 bits per heavy atom. The topological polar surface area (TPSA) is 80.9 Å². The van der Waals surface area contributed by atoms with Gasteiger partial charge in [0.15, 0.2) is 0 Å². The lowest BCUT2D eigenvalue weighted by atomic mass is 9.85. The van der Waals surface area contributed by atoms with Crippen LogP contribution in [0.5, 0.6) is 0 Å². The van der Waals surface area contributed by atoms with Crippen molar-refractivity contribution in [2.45, 2.75) is 61.0 Å². The maximum atomic E-state index is 12.8. The molecular weight excluding hydrogens is 484 g/mol. The molecule has 1 aromatic carbocycles. The minimum absolute atomic E-state index is 0.511. The summed E-state index contributed by atoms with van der Waals surface area (Å²) in [5.74, 6) is 0. The lowest BCUT2D eigenvalue weighted by Gasteiger charge is -2.35. The normalized spacial score (nSPS) is 16.8. The first-order valence-electron chi connectivity index (χ1n) is 8.16. The maximum Gasteiger partial charge on any atom is 0.426 e. The summed E-state index contributed by atoms with van der Waals surface area (Å²) in [5, 5.41) is 38.0. The standard InChI is InChI=1S/C16H14F12O4/c17-13(18,19)11(31,14(20,21)22)5-9(29)7-3-1-2-4-8(7)10(30)6-12(32,15(23,24)25)16(26,27)28/h1-4,9-10,29-32H,5-6H2. The first kappa shape index (κ1) is 28.3. The van der Waals surface area contributed by atoms with Crippen LogP contribution < -0.4 is 0 Å². The summed E-state index contributed by atoms with van der Waals surface area (Å²) in [6.07, 6.45) is -36.5. The molecule has 0 aromatic heterocycles. The molecule has 0 fully saturated rings. The number of hydrogen-bond acceptors (Lipinski definition) is 4. The second-order valence-corrected chi connectivity index (χ2v) is 6.78. The van der Waals surface area contributed by atoms with Gasteiger partial charge in [0.25, 0.3) is 11.2 Å². The molecule has 0 spiro atoms. The Labute approximate surface area is 170 Å². The first-order chi connectivity index (χ1) is 14.0. The van der Waals surface area contributed by atoms with Gasteiger partial charge in [0.1, 0.15) is 0 Å². The van der Waals surface area contributed by atoms with Crippen molar-refractivity contribution >= 4 is 0 Å². The van der Waals surface area contributed by atoms with Gasteiger partial charge >= 0.3 is 24.7 Å². The minimum atomic E-state index is -6.38. The van der Waals surface area contributed by atoms with Crippen LogP contribution in [0.25, 0.3) is 0 Å². The third-order valence-electron chi connectivity index (χ3n) is 4.57. The fourth-order valence-electron chi connectivity index (χ4n) is 2.68. The molecule has 0 saturated heterocycles. The second-order valence-electron chi connectivity index (χ2n) is 6.78. The third-order valence-corrected chi connectivity index (χ3v) is 4.57. The Hall–Kier alpha value is -1.78. The largest absolute Gasteiger partial charge is 0.426 e. The highest BCUT2D eigenvalue weighted by molar-refractivity contribution is 5.32. The summed E-state index contributed by atoms with van der Waals surface area (Å²) in [6, 6.07) is 2.68. The molecule has 0 saturated carbocycles. The smallest absolute Gasteiger partial charge is 0.388 e. The van der Waals surface area contributed by atoms with E-state index in [2.05, 4.69) is 0 Å². The number of rotatable bonds is 6. The Morgan fingerprint density at radius 3 is 0.938 bits per heavy atom. The fraction of sp³-hybridized carbons (Fsp3) is 0.625. The van der Waals surface area contributed by atoms with E-state index in [0.29, 0.717) is 12.1 Å². The number of benzene rings is 1. The van der Waals surface area contributed by atoms with E-state index in [4.69, 9.17) is 10.2 Å². The summed E-state index contributed by atoms with van der Waals surface area (Å²) >= 11 is 0. The Morgan fingerprint density at radius 2 is 0.750 bits per heavy atom. The number of aliphatic hydroxyl groups is 4. The number of alkyl halides is 12. The van der Waals surface area contributed by atoms with E-state index in [1.54, 1.807) is 0 Å². The molecule has 1 aromatic rings. The lowest BCUT2D eigenvalue weighted by molar-refractivity contribution is -0.375. The summed E-state index contributed by atoms with van der Waals surface area (Å²) in [6.45, 7) is 0.